The maximum absolute atomic E-state index is 11.8. The van der Waals surface area contributed by atoms with Crippen molar-refractivity contribution in [1.29, 1.82) is 0 Å². The predicted octanol–water partition coefficient (Wildman–Crippen LogP) is 0.106. The SMILES string of the molecule is Nc1cc(N)cc(C(=O)NC2(CO)CC2)c1. The second kappa shape index (κ2) is 3.68. The van der Waals surface area contributed by atoms with Crippen LogP contribution >= 0.6 is 0 Å². The minimum absolute atomic E-state index is 0.0312. The van der Waals surface area contributed by atoms with Gasteiger partial charge in [0.15, 0.2) is 0 Å². The first-order chi connectivity index (χ1) is 7.54. The van der Waals surface area contributed by atoms with E-state index >= 15 is 0 Å². The highest BCUT2D eigenvalue weighted by atomic mass is 16.3. The predicted molar refractivity (Wildman–Crippen MR) is 61.8 cm³/mol. The number of anilines is 2. The second-order valence-electron chi connectivity index (χ2n) is 4.28. The molecular weight excluding hydrogens is 206 g/mol. The molecule has 1 aliphatic rings. The summed E-state index contributed by atoms with van der Waals surface area (Å²) in [5, 5.41) is 11.9. The van der Waals surface area contributed by atoms with Crippen LogP contribution in [0.5, 0.6) is 0 Å². The normalized spacial score (nSPS) is 16.8. The number of benzene rings is 1. The van der Waals surface area contributed by atoms with E-state index in [0.29, 0.717) is 16.9 Å². The zero-order valence-corrected chi connectivity index (χ0v) is 8.86. The lowest BCUT2D eigenvalue weighted by atomic mass is 10.1. The molecule has 1 fully saturated rings. The first kappa shape index (κ1) is 10.8. The first-order valence-corrected chi connectivity index (χ1v) is 5.14. The molecule has 0 bridgehead atoms. The summed E-state index contributed by atoms with van der Waals surface area (Å²) >= 11 is 0. The number of amides is 1. The average Bonchev–Trinajstić information content (AvgIpc) is 2.97. The summed E-state index contributed by atoms with van der Waals surface area (Å²) in [6, 6.07) is 4.73. The van der Waals surface area contributed by atoms with Gasteiger partial charge >= 0.3 is 0 Å². The standard InChI is InChI=1S/C11H15N3O2/c12-8-3-7(4-9(13)5-8)10(16)14-11(6-15)1-2-11/h3-5,15H,1-2,6,12-13H2,(H,14,16). The monoisotopic (exact) mass is 221 g/mol. The molecule has 0 saturated heterocycles. The maximum atomic E-state index is 11.8. The highest BCUT2D eigenvalue weighted by molar-refractivity contribution is 5.96. The number of hydrogen-bond acceptors (Lipinski definition) is 4. The van der Waals surface area contributed by atoms with Gasteiger partial charge in [-0.3, -0.25) is 4.79 Å². The van der Waals surface area contributed by atoms with E-state index in [-0.39, 0.29) is 12.5 Å². The van der Waals surface area contributed by atoms with Crippen molar-refractivity contribution in [3.63, 3.8) is 0 Å². The Balaban J connectivity index is 2.14. The van der Waals surface area contributed by atoms with Crippen molar-refractivity contribution < 1.29 is 9.90 Å². The highest BCUT2D eigenvalue weighted by Gasteiger charge is 2.43. The van der Waals surface area contributed by atoms with Crippen LogP contribution in [-0.4, -0.2) is 23.2 Å². The van der Waals surface area contributed by atoms with E-state index < -0.39 is 5.54 Å². The Morgan fingerprint density at radius 1 is 1.31 bits per heavy atom. The zero-order chi connectivity index (χ0) is 11.8. The van der Waals surface area contributed by atoms with Crippen molar-refractivity contribution in [3.05, 3.63) is 23.8 Å². The Hall–Kier alpha value is -1.75. The lowest BCUT2D eigenvalue weighted by Gasteiger charge is -2.14. The van der Waals surface area contributed by atoms with E-state index in [2.05, 4.69) is 5.32 Å². The largest absolute Gasteiger partial charge is 0.399 e. The van der Waals surface area contributed by atoms with Gasteiger partial charge in [-0.15, -0.1) is 0 Å². The molecule has 0 aromatic heterocycles. The number of carbonyl (C=O) groups excluding carboxylic acids is 1. The smallest absolute Gasteiger partial charge is 0.251 e. The van der Waals surface area contributed by atoms with Crippen molar-refractivity contribution in [1.82, 2.24) is 5.32 Å². The van der Waals surface area contributed by atoms with Crippen LogP contribution in [0.1, 0.15) is 23.2 Å². The van der Waals surface area contributed by atoms with Crippen molar-refractivity contribution in [2.75, 3.05) is 18.1 Å². The van der Waals surface area contributed by atoms with Gasteiger partial charge in [-0.05, 0) is 31.0 Å². The number of carbonyl (C=O) groups is 1. The summed E-state index contributed by atoms with van der Waals surface area (Å²) in [5.74, 6) is -0.245. The van der Waals surface area contributed by atoms with E-state index in [1.54, 1.807) is 18.2 Å². The second-order valence-corrected chi connectivity index (χ2v) is 4.28. The van der Waals surface area contributed by atoms with Gasteiger partial charge in [-0.1, -0.05) is 0 Å². The van der Waals surface area contributed by atoms with Crippen LogP contribution in [0.3, 0.4) is 0 Å². The van der Waals surface area contributed by atoms with Crippen molar-refractivity contribution in [2.24, 2.45) is 0 Å². The Labute approximate surface area is 93.4 Å². The Morgan fingerprint density at radius 2 is 1.88 bits per heavy atom. The van der Waals surface area contributed by atoms with Crippen LogP contribution in [0.25, 0.3) is 0 Å². The van der Waals surface area contributed by atoms with Crippen LogP contribution in [0.15, 0.2) is 18.2 Å². The molecule has 0 atom stereocenters. The third kappa shape index (κ3) is 2.09. The summed E-state index contributed by atoms with van der Waals surface area (Å²) in [4.78, 5) is 11.8. The summed E-state index contributed by atoms with van der Waals surface area (Å²) in [6.07, 6.45) is 1.63. The number of nitrogen functional groups attached to an aromatic ring is 2. The number of rotatable bonds is 3. The van der Waals surface area contributed by atoms with Crippen molar-refractivity contribution in [3.8, 4) is 0 Å². The van der Waals surface area contributed by atoms with Crippen LogP contribution in [0, 0.1) is 0 Å². The van der Waals surface area contributed by atoms with Gasteiger partial charge in [0, 0.05) is 16.9 Å². The molecule has 0 unspecified atom stereocenters. The average molecular weight is 221 g/mol. The quantitative estimate of drug-likeness (QED) is 0.544. The molecule has 0 heterocycles. The van der Waals surface area contributed by atoms with E-state index in [1.807, 2.05) is 0 Å². The lowest BCUT2D eigenvalue weighted by molar-refractivity contribution is 0.0907. The summed E-state index contributed by atoms with van der Waals surface area (Å²) in [5.41, 5.74) is 12.1. The number of nitrogens with one attached hydrogen (secondary N) is 1. The van der Waals surface area contributed by atoms with Gasteiger partial charge in [-0.2, -0.15) is 0 Å². The van der Waals surface area contributed by atoms with Crippen molar-refractivity contribution in [2.45, 2.75) is 18.4 Å². The summed E-state index contributed by atoms with van der Waals surface area (Å²) < 4.78 is 0. The fraction of sp³-hybridized carbons (Fsp3) is 0.364. The maximum Gasteiger partial charge on any atom is 0.251 e. The van der Waals surface area contributed by atoms with Gasteiger partial charge in [0.25, 0.3) is 5.91 Å². The van der Waals surface area contributed by atoms with E-state index in [1.165, 1.54) is 0 Å². The molecule has 16 heavy (non-hydrogen) atoms. The van der Waals surface area contributed by atoms with Crippen LogP contribution in [0.4, 0.5) is 11.4 Å². The Bertz CT molecular complexity index is 407. The minimum Gasteiger partial charge on any atom is -0.399 e. The lowest BCUT2D eigenvalue weighted by Crippen LogP contribution is -2.39. The van der Waals surface area contributed by atoms with Crippen LogP contribution in [-0.2, 0) is 0 Å². The van der Waals surface area contributed by atoms with Gasteiger partial charge in [0.2, 0.25) is 0 Å². The fourth-order valence-electron chi connectivity index (χ4n) is 1.59. The van der Waals surface area contributed by atoms with Gasteiger partial charge in [-0.25, -0.2) is 0 Å². The molecule has 1 aromatic rings. The van der Waals surface area contributed by atoms with E-state index in [9.17, 15) is 4.79 Å². The molecule has 1 aromatic carbocycles. The number of nitrogens with two attached hydrogens (primary N) is 2. The molecule has 86 valence electrons. The van der Waals surface area contributed by atoms with Gasteiger partial charge in [0.1, 0.15) is 0 Å². The Kier molecular flexibility index (Phi) is 2.47. The molecule has 1 amide bonds. The molecule has 0 aliphatic heterocycles. The summed E-state index contributed by atoms with van der Waals surface area (Å²) in [6.45, 7) is -0.0312. The first-order valence-electron chi connectivity index (χ1n) is 5.14. The molecule has 0 radical (unpaired) electrons. The van der Waals surface area contributed by atoms with Crippen LogP contribution in [0.2, 0.25) is 0 Å². The summed E-state index contributed by atoms with van der Waals surface area (Å²) in [7, 11) is 0. The zero-order valence-electron chi connectivity index (χ0n) is 8.86. The molecule has 5 nitrogen and oxygen atoms in total. The van der Waals surface area contributed by atoms with E-state index in [0.717, 1.165) is 12.8 Å². The van der Waals surface area contributed by atoms with Crippen molar-refractivity contribution >= 4 is 17.3 Å². The topological polar surface area (TPSA) is 101 Å². The highest BCUT2D eigenvalue weighted by Crippen LogP contribution is 2.34. The molecule has 5 heteroatoms. The molecule has 1 saturated carbocycles. The third-order valence-corrected chi connectivity index (χ3v) is 2.77. The number of aliphatic hydroxyl groups excluding tert-OH is 1. The fourth-order valence-corrected chi connectivity index (χ4v) is 1.59. The van der Waals surface area contributed by atoms with Gasteiger partial charge < -0.3 is 21.9 Å². The molecule has 1 aliphatic carbocycles. The minimum atomic E-state index is -0.420. The number of hydrogen-bond donors (Lipinski definition) is 4. The molecule has 0 spiro atoms. The molecule has 6 N–H and O–H groups in total. The third-order valence-electron chi connectivity index (χ3n) is 2.77. The van der Waals surface area contributed by atoms with E-state index in [4.69, 9.17) is 16.6 Å². The Morgan fingerprint density at radius 3 is 2.31 bits per heavy atom. The van der Waals surface area contributed by atoms with Gasteiger partial charge in [0.05, 0.1) is 12.1 Å². The number of aliphatic hydroxyl groups is 1. The molecule has 2 rings (SSSR count). The molecular formula is C11H15N3O2. The van der Waals surface area contributed by atoms with Crippen LogP contribution < -0.4 is 16.8 Å².